The third-order valence-corrected chi connectivity index (χ3v) is 9.39. The highest BCUT2D eigenvalue weighted by Crippen LogP contribution is 2.28. The standard InChI is InChI=1S/C23H25N3O3S3/c1-25-12-14-26(15-13-25)32(28,29)20-10-8-18(9-11-20)24-23(27)21-6-2-3-7-22(21)31-17-19-5-4-16-30-19/h2-11,16H,12-15,17H2,1H3,(H,24,27). The molecular weight excluding hydrogens is 462 g/mol. The van der Waals surface area contributed by atoms with Gasteiger partial charge in [-0.05, 0) is 54.9 Å². The van der Waals surface area contributed by atoms with Crippen molar-refractivity contribution in [3.63, 3.8) is 0 Å². The van der Waals surface area contributed by atoms with E-state index in [2.05, 4.69) is 16.3 Å². The van der Waals surface area contributed by atoms with Crippen LogP contribution in [0.25, 0.3) is 0 Å². The molecule has 32 heavy (non-hydrogen) atoms. The molecule has 0 atom stereocenters. The fourth-order valence-corrected chi connectivity index (χ4v) is 6.66. The van der Waals surface area contributed by atoms with Crippen molar-refractivity contribution in [3.05, 3.63) is 76.5 Å². The molecule has 0 aliphatic carbocycles. The minimum Gasteiger partial charge on any atom is -0.322 e. The Kier molecular flexibility index (Phi) is 7.32. The average molecular weight is 488 g/mol. The molecule has 3 aromatic rings. The molecule has 1 aliphatic rings. The summed E-state index contributed by atoms with van der Waals surface area (Å²) in [6.45, 7) is 2.41. The van der Waals surface area contributed by atoms with E-state index < -0.39 is 10.0 Å². The van der Waals surface area contributed by atoms with E-state index in [1.165, 1.54) is 9.18 Å². The predicted molar refractivity (Wildman–Crippen MR) is 131 cm³/mol. The summed E-state index contributed by atoms with van der Waals surface area (Å²) in [5.74, 6) is 0.592. The van der Waals surface area contributed by atoms with Gasteiger partial charge in [0.1, 0.15) is 0 Å². The van der Waals surface area contributed by atoms with Gasteiger partial charge in [-0.3, -0.25) is 4.79 Å². The number of nitrogens with zero attached hydrogens (tertiary/aromatic N) is 2. The van der Waals surface area contributed by atoms with Crippen LogP contribution in [-0.4, -0.2) is 56.8 Å². The molecule has 0 bridgehead atoms. The van der Waals surface area contributed by atoms with Gasteiger partial charge in [0.25, 0.3) is 5.91 Å². The number of nitrogens with one attached hydrogen (secondary N) is 1. The fraction of sp³-hybridized carbons (Fsp3) is 0.261. The second-order valence-electron chi connectivity index (χ2n) is 7.55. The molecule has 168 valence electrons. The summed E-state index contributed by atoms with van der Waals surface area (Å²) in [6, 6.07) is 18.0. The SMILES string of the molecule is CN1CCN(S(=O)(=O)c2ccc(NC(=O)c3ccccc3SCc3cccs3)cc2)CC1. The lowest BCUT2D eigenvalue weighted by molar-refractivity contribution is 0.102. The van der Waals surface area contributed by atoms with Crippen molar-refractivity contribution >= 4 is 44.7 Å². The number of amides is 1. The molecule has 1 fully saturated rings. The lowest BCUT2D eigenvalue weighted by atomic mass is 10.2. The zero-order chi connectivity index (χ0) is 22.6. The number of anilines is 1. The lowest BCUT2D eigenvalue weighted by Gasteiger charge is -2.31. The highest BCUT2D eigenvalue weighted by Gasteiger charge is 2.27. The minimum absolute atomic E-state index is 0.214. The maximum absolute atomic E-state index is 12.9. The maximum Gasteiger partial charge on any atom is 0.256 e. The molecule has 1 amide bonds. The van der Waals surface area contributed by atoms with Crippen molar-refractivity contribution in [2.45, 2.75) is 15.5 Å². The van der Waals surface area contributed by atoms with Gasteiger partial charge in [0.05, 0.1) is 10.5 Å². The van der Waals surface area contributed by atoms with Crippen molar-refractivity contribution < 1.29 is 13.2 Å². The van der Waals surface area contributed by atoms with E-state index in [9.17, 15) is 13.2 Å². The normalized spacial score (nSPS) is 15.5. The van der Waals surface area contributed by atoms with Crippen LogP contribution in [0.3, 0.4) is 0 Å². The van der Waals surface area contributed by atoms with E-state index in [1.54, 1.807) is 53.4 Å². The number of hydrogen-bond acceptors (Lipinski definition) is 6. The predicted octanol–water partition coefficient (Wildman–Crippen LogP) is 4.23. The second-order valence-corrected chi connectivity index (χ2v) is 11.5. The van der Waals surface area contributed by atoms with Crippen molar-refractivity contribution in [2.75, 3.05) is 38.5 Å². The van der Waals surface area contributed by atoms with Gasteiger partial charge in [0.15, 0.2) is 0 Å². The summed E-state index contributed by atoms with van der Waals surface area (Å²) in [5, 5.41) is 4.93. The van der Waals surface area contributed by atoms with Gasteiger partial charge in [-0.1, -0.05) is 18.2 Å². The quantitative estimate of drug-likeness (QED) is 0.505. The summed E-state index contributed by atoms with van der Waals surface area (Å²) in [4.78, 5) is 17.4. The summed E-state index contributed by atoms with van der Waals surface area (Å²) in [5.41, 5.74) is 1.16. The number of hydrogen-bond donors (Lipinski definition) is 1. The van der Waals surface area contributed by atoms with Gasteiger partial charge in [0, 0.05) is 47.4 Å². The van der Waals surface area contributed by atoms with Gasteiger partial charge in [0.2, 0.25) is 10.0 Å². The molecule has 0 unspecified atom stereocenters. The number of likely N-dealkylation sites (N-methyl/N-ethyl adjacent to an activating group) is 1. The number of thioether (sulfide) groups is 1. The van der Waals surface area contributed by atoms with E-state index in [0.717, 1.165) is 23.7 Å². The molecule has 0 saturated carbocycles. The van der Waals surface area contributed by atoms with Crippen LogP contribution in [0.1, 0.15) is 15.2 Å². The fourth-order valence-electron chi connectivity index (χ4n) is 3.41. The third-order valence-electron chi connectivity index (χ3n) is 5.29. The van der Waals surface area contributed by atoms with Crippen molar-refractivity contribution in [2.24, 2.45) is 0 Å². The number of benzene rings is 2. The Balaban J connectivity index is 1.43. The van der Waals surface area contributed by atoms with Gasteiger partial charge >= 0.3 is 0 Å². The van der Waals surface area contributed by atoms with Crippen LogP contribution < -0.4 is 5.32 Å². The first-order valence-electron chi connectivity index (χ1n) is 10.3. The highest BCUT2D eigenvalue weighted by atomic mass is 32.2. The molecule has 1 aromatic heterocycles. The molecular formula is C23H25N3O3S3. The summed E-state index contributed by atoms with van der Waals surface area (Å²) in [6.07, 6.45) is 0. The molecule has 4 rings (SSSR count). The highest BCUT2D eigenvalue weighted by molar-refractivity contribution is 7.98. The number of sulfonamides is 1. The van der Waals surface area contributed by atoms with Crippen LogP contribution in [0.15, 0.2) is 75.8 Å². The first-order valence-corrected chi connectivity index (χ1v) is 13.6. The van der Waals surface area contributed by atoms with Gasteiger partial charge in [-0.2, -0.15) is 4.31 Å². The smallest absolute Gasteiger partial charge is 0.256 e. The molecule has 2 heterocycles. The zero-order valence-electron chi connectivity index (χ0n) is 17.7. The Morgan fingerprint density at radius 1 is 1.00 bits per heavy atom. The monoisotopic (exact) mass is 487 g/mol. The van der Waals surface area contributed by atoms with Gasteiger partial charge in [-0.15, -0.1) is 23.1 Å². The molecule has 1 saturated heterocycles. The summed E-state index contributed by atoms with van der Waals surface area (Å²) >= 11 is 3.32. The first kappa shape index (κ1) is 23.0. The van der Waals surface area contributed by atoms with Crippen molar-refractivity contribution in [1.29, 1.82) is 0 Å². The van der Waals surface area contributed by atoms with E-state index in [4.69, 9.17) is 0 Å². The number of carbonyl (C=O) groups excluding carboxylic acids is 1. The topological polar surface area (TPSA) is 69.7 Å². The number of rotatable bonds is 7. The first-order chi connectivity index (χ1) is 15.4. The largest absolute Gasteiger partial charge is 0.322 e. The molecule has 6 nitrogen and oxygen atoms in total. The zero-order valence-corrected chi connectivity index (χ0v) is 20.2. The van der Waals surface area contributed by atoms with E-state index >= 15 is 0 Å². The van der Waals surface area contributed by atoms with Crippen molar-refractivity contribution in [3.8, 4) is 0 Å². The second kappa shape index (κ2) is 10.2. The Morgan fingerprint density at radius 2 is 1.72 bits per heavy atom. The summed E-state index contributed by atoms with van der Waals surface area (Å²) < 4.78 is 27.3. The lowest BCUT2D eigenvalue weighted by Crippen LogP contribution is -2.46. The Hall–Kier alpha value is -2.17. The molecule has 1 aliphatic heterocycles. The van der Waals surface area contributed by atoms with Crippen molar-refractivity contribution in [1.82, 2.24) is 9.21 Å². The van der Waals surface area contributed by atoms with Crippen LogP contribution in [0, 0.1) is 0 Å². The van der Waals surface area contributed by atoms with E-state index in [-0.39, 0.29) is 10.8 Å². The van der Waals surface area contributed by atoms with E-state index in [0.29, 0.717) is 24.3 Å². The Bertz CT molecular complexity index is 1150. The molecule has 9 heteroatoms. The molecule has 0 radical (unpaired) electrons. The number of thiophene rings is 1. The Labute approximate surface area is 197 Å². The van der Waals surface area contributed by atoms with Crippen LogP contribution in [-0.2, 0) is 15.8 Å². The van der Waals surface area contributed by atoms with Crippen LogP contribution >= 0.6 is 23.1 Å². The summed E-state index contributed by atoms with van der Waals surface area (Å²) in [7, 11) is -1.54. The average Bonchev–Trinajstić information content (AvgIpc) is 3.32. The van der Waals surface area contributed by atoms with Crippen LogP contribution in [0.4, 0.5) is 5.69 Å². The van der Waals surface area contributed by atoms with Crippen LogP contribution in [0.2, 0.25) is 0 Å². The van der Waals surface area contributed by atoms with Crippen LogP contribution in [0.5, 0.6) is 0 Å². The molecule has 0 spiro atoms. The minimum atomic E-state index is -3.53. The maximum atomic E-state index is 12.9. The Morgan fingerprint density at radius 3 is 2.41 bits per heavy atom. The van der Waals surface area contributed by atoms with Gasteiger partial charge in [-0.25, -0.2) is 8.42 Å². The van der Waals surface area contributed by atoms with Gasteiger partial charge < -0.3 is 10.2 Å². The van der Waals surface area contributed by atoms with E-state index in [1.807, 2.05) is 36.7 Å². The molecule has 2 aromatic carbocycles. The molecule has 1 N–H and O–H groups in total. The number of piperazine rings is 1. The number of carbonyl (C=O) groups is 1. The third kappa shape index (κ3) is 5.41.